The zero-order chi connectivity index (χ0) is 20.6. The second-order valence-corrected chi connectivity index (χ2v) is 7.46. The van der Waals surface area contributed by atoms with E-state index in [-0.39, 0.29) is 18.6 Å². The zero-order valence-corrected chi connectivity index (χ0v) is 16.8. The number of hydrogen-bond acceptors (Lipinski definition) is 3. The van der Waals surface area contributed by atoms with Crippen molar-refractivity contribution in [1.82, 2.24) is 0 Å². The van der Waals surface area contributed by atoms with Crippen LogP contribution in [-0.2, 0) is 9.53 Å². The Labute approximate surface area is 175 Å². The summed E-state index contributed by atoms with van der Waals surface area (Å²) in [5.41, 5.74) is 2.69. The maximum absolute atomic E-state index is 13.1. The molecule has 2 aromatic rings. The van der Waals surface area contributed by atoms with Gasteiger partial charge in [0.2, 0.25) is 0 Å². The van der Waals surface area contributed by atoms with Crippen molar-refractivity contribution in [2.75, 3.05) is 18.1 Å². The molecule has 29 heavy (non-hydrogen) atoms. The summed E-state index contributed by atoms with van der Waals surface area (Å²) >= 11 is 6.01. The third-order valence-electron chi connectivity index (χ3n) is 4.98. The van der Waals surface area contributed by atoms with Crippen LogP contribution in [0.2, 0.25) is 5.02 Å². The molecule has 0 aromatic heterocycles. The zero-order valence-electron chi connectivity index (χ0n) is 16.1. The quantitative estimate of drug-likeness (QED) is 0.651. The topological polar surface area (TPSA) is 66.8 Å². The summed E-state index contributed by atoms with van der Waals surface area (Å²) < 4.78 is 5.39. The van der Waals surface area contributed by atoms with Crippen molar-refractivity contribution in [1.29, 1.82) is 0 Å². The molecule has 0 radical (unpaired) electrons. The summed E-state index contributed by atoms with van der Waals surface area (Å²) in [4.78, 5) is 25.5. The summed E-state index contributed by atoms with van der Waals surface area (Å²) in [5.74, 6) is -1.01. The minimum Gasteiger partial charge on any atom is -0.480 e. The van der Waals surface area contributed by atoms with Crippen LogP contribution in [0.15, 0.2) is 66.2 Å². The first-order chi connectivity index (χ1) is 14.0. The first-order valence-corrected chi connectivity index (χ1v) is 10.0. The molecule has 1 saturated carbocycles. The van der Waals surface area contributed by atoms with E-state index in [0.29, 0.717) is 17.1 Å². The van der Waals surface area contributed by atoms with E-state index in [4.69, 9.17) is 21.4 Å². The Bertz CT molecular complexity index is 854. The highest BCUT2D eigenvalue weighted by Crippen LogP contribution is 2.26. The summed E-state index contributed by atoms with van der Waals surface area (Å²) in [6.45, 7) is 0.213. The number of carboxylic acid groups (broad SMARTS) is 1. The number of amides is 1. The van der Waals surface area contributed by atoms with Crippen molar-refractivity contribution in [3.05, 3.63) is 76.8 Å². The average Bonchev–Trinajstić information content (AvgIpc) is 2.75. The molecular formula is C23H24ClNO4. The monoisotopic (exact) mass is 413 g/mol. The number of carboxylic acids is 1. The molecule has 1 fully saturated rings. The second kappa shape index (κ2) is 10.2. The molecule has 0 bridgehead atoms. The van der Waals surface area contributed by atoms with E-state index in [9.17, 15) is 9.59 Å². The number of allylic oxidation sites excluding steroid dienone is 1. The number of rotatable bonds is 7. The van der Waals surface area contributed by atoms with E-state index in [2.05, 4.69) is 6.08 Å². The Hall–Kier alpha value is -2.63. The molecule has 1 amide bonds. The third-order valence-corrected chi connectivity index (χ3v) is 5.24. The van der Waals surface area contributed by atoms with Gasteiger partial charge in [0.05, 0.1) is 6.10 Å². The molecule has 0 heterocycles. The number of hydrogen-bond donors (Lipinski definition) is 1. The lowest BCUT2D eigenvalue weighted by molar-refractivity contribution is -0.144. The van der Waals surface area contributed by atoms with Crippen LogP contribution in [0.4, 0.5) is 5.69 Å². The van der Waals surface area contributed by atoms with Crippen LogP contribution in [0.1, 0.15) is 36.0 Å². The highest BCUT2D eigenvalue weighted by atomic mass is 35.5. The lowest BCUT2D eigenvalue weighted by Gasteiger charge is -2.25. The van der Waals surface area contributed by atoms with Gasteiger partial charge >= 0.3 is 5.97 Å². The summed E-state index contributed by atoms with van der Waals surface area (Å²) in [7, 11) is 0. The summed E-state index contributed by atoms with van der Waals surface area (Å²) in [6, 6.07) is 16.5. The number of ether oxygens (including phenoxy) is 1. The number of benzene rings is 2. The van der Waals surface area contributed by atoms with Gasteiger partial charge in [-0.25, -0.2) is 4.79 Å². The van der Waals surface area contributed by atoms with Crippen molar-refractivity contribution >= 4 is 29.2 Å². The van der Waals surface area contributed by atoms with E-state index >= 15 is 0 Å². The van der Waals surface area contributed by atoms with E-state index in [0.717, 1.165) is 31.4 Å². The molecule has 1 N–H and O–H groups in total. The predicted molar refractivity (Wildman–Crippen MR) is 113 cm³/mol. The Kier molecular flexibility index (Phi) is 7.44. The number of aliphatic carboxylic acids is 1. The Morgan fingerprint density at radius 2 is 1.72 bits per heavy atom. The fourth-order valence-corrected chi connectivity index (χ4v) is 3.53. The van der Waals surface area contributed by atoms with Gasteiger partial charge in [0.15, 0.2) is 0 Å². The Balaban J connectivity index is 1.69. The molecule has 0 unspecified atom stereocenters. The van der Waals surface area contributed by atoms with E-state index in [1.807, 2.05) is 42.5 Å². The largest absolute Gasteiger partial charge is 0.480 e. The third kappa shape index (κ3) is 6.17. The normalized spacial score (nSPS) is 16.3. The van der Waals surface area contributed by atoms with Gasteiger partial charge in [-0.05, 0) is 62.1 Å². The maximum atomic E-state index is 13.1. The smallest absolute Gasteiger partial charge is 0.329 e. The van der Waals surface area contributed by atoms with Gasteiger partial charge in [-0.15, -0.1) is 0 Å². The molecule has 5 nitrogen and oxygen atoms in total. The molecule has 0 aliphatic heterocycles. The Morgan fingerprint density at radius 1 is 1.07 bits per heavy atom. The molecule has 0 atom stereocenters. The second-order valence-electron chi connectivity index (χ2n) is 7.02. The van der Waals surface area contributed by atoms with E-state index < -0.39 is 5.97 Å². The highest BCUT2D eigenvalue weighted by molar-refractivity contribution is 6.30. The fourth-order valence-electron chi connectivity index (χ4n) is 3.41. The SMILES string of the molecule is O=C(O)COC1CCC(=CCN(C(=O)c2ccccc2)c2ccc(Cl)cc2)CC1. The van der Waals surface area contributed by atoms with Crippen molar-refractivity contribution in [3.8, 4) is 0 Å². The molecule has 1 aliphatic carbocycles. The van der Waals surface area contributed by atoms with Crippen LogP contribution in [0.3, 0.4) is 0 Å². The first-order valence-electron chi connectivity index (χ1n) is 9.66. The van der Waals surface area contributed by atoms with Crippen molar-refractivity contribution in [2.24, 2.45) is 0 Å². The number of carbonyl (C=O) groups is 2. The van der Waals surface area contributed by atoms with E-state index in [1.54, 1.807) is 17.0 Å². The van der Waals surface area contributed by atoms with Crippen molar-refractivity contribution in [2.45, 2.75) is 31.8 Å². The van der Waals surface area contributed by atoms with Gasteiger partial charge in [0, 0.05) is 22.8 Å². The van der Waals surface area contributed by atoms with Gasteiger partial charge in [-0.2, -0.15) is 0 Å². The van der Waals surface area contributed by atoms with Crippen LogP contribution in [-0.4, -0.2) is 36.2 Å². The first kappa shape index (κ1) is 21.1. The average molecular weight is 414 g/mol. The van der Waals surface area contributed by atoms with Crippen LogP contribution in [0.5, 0.6) is 0 Å². The van der Waals surface area contributed by atoms with Crippen LogP contribution in [0, 0.1) is 0 Å². The number of nitrogens with zero attached hydrogens (tertiary/aromatic N) is 1. The lowest BCUT2D eigenvalue weighted by Crippen LogP contribution is -2.31. The van der Waals surface area contributed by atoms with Crippen LogP contribution < -0.4 is 4.90 Å². The Morgan fingerprint density at radius 3 is 2.34 bits per heavy atom. The van der Waals surface area contributed by atoms with Crippen molar-refractivity contribution < 1.29 is 19.4 Å². The highest BCUT2D eigenvalue weighted by Gasteiger charge is 2.20. The van der Waals surface area contributed by atoms with Crippen LogP contribution in [0.25, 0.3) is 0 Å². The van der Waals surface area contributed by atoms with Gasteiger partial charge in [-0.1, -0.05) is 41.4 Å². The minimum absolute atomic E-state index is 0.0124. The summed E-state index contributed by atoms with van der Waals surface area (Å²) in [5, 5.41) is 9.35. The fraction of sp³-hybridized carbons (Fsp3) is 0.304. The molecule has 152 valence electrons. The van der Waals surface area contributed by atoms with Crippen molar-refractivity contribution in [3.63, 3.8) is 0 Å². The lowest BCUT2D eigenvalue weighted by atomic mass is 9.92. The maximum Gasteiger partial charge on any atom is 0.329 e. The van der Waals surface area contributed by atoms with Gasteiger partial charge in [0.1, 0.15) is 6.61 Å². The van der Waals surface area contributed by atoms with Gasteiger partial charge in [-0.3, -0.25) is 4.79 Å². The standard InChI is InChI=1S/C23H24ClNO4/c24-19-8-10-20(11-9-19)25(23(28)18-4-2-1-3-5-18)15-14-17-6-12-21(13-7-17)29-16-22(26)27/h1-5,8-11,14,21H,6-7,12-13,15-16H2,(H,26,27). The summed E-state index contributed by atoms with van der Waals surface area (Å²) in [6.07, 6.45) is 5.38. The molecule has 1 aliphatic rings. The van der Waals surface area contributed by atoms with Gasteiger partial charge < -0.3 is 14.7 Å². The predicted octanol–water partition coefficient (Wildman–Crippen LogP) is 4.96. The van der Waals surface area contributed by atoms with E-state index in [1.165, 1.54) is 5.57 Å². The molecule has 2 aromatic carbocycles. The molecular weight excluding hydrogens is 390 g/mol. The number of carbonyl (C=O) groups excluding carboxylic acids is 1. The number of halogens is 1. The number of anilines is 1. The van der Waals surface area contributed by atoms with Gasteiger partial charge in [0.25, 0.3) is 5.91 Å². The molecule has 0 saturated heterocycles. The molecule has 3 rings (SSSR count). The molecule has 6 heteroatoms. The molecule has 0 spiro atoms. The van der Waals surface area contributed by atoms with Crippen LogP contribution >= 0.6 is 11.6 Å². The minimum atomic E-state index is -0.940.